The molecule has 1 saturated carbocycles. The largest absolute Gasteiger partial charge is 0.388 e. The first-order valence-electron chi connectivity index (χ1n) is 5.76. The minimum atomic E-state index is -0.587. The summed E-state index contributed by atoms with van der Waals surface area (Å²) in [6, 6.07) is 0. The third-order valence-electron chi connectivity index (χ3n) is 4.21. The van der Waals surface area contributed by atoms with E-state index >= 15 is 0 Å². The van der Waals surface area contributed by atoms with Gasteiger partial charge in [0.05, 0.1) is 5.60 Å². The van der Waals surface area contributed by atoms with Gasteiger partial charge in [0.15, 0.2) is 0 Å². The van der Waals surface area contributed by atoms with Crippen LogP contribution in [0.5, 0.6) is 0 Å². The van der Waals surface area contributed by atoms with Crippen molar-refractivity contribution in [3.63, 3.8) is 0 Å². The summed E-state index contributed by atoms with van der Waals surface area (Å²) >= 11 is 0. The number of hydrogen-bond donors (Lipinski definition) is 2. The summed E-state index contributed by atoms with van der Waals surface area (Å²) in [5.74, 6) is 0. The lowest BCUT2D eigenvalue weighted by Gasteiger charge is -2.50. The number of nitrogens with zero attached hydrogens (tertiary/aromatic N) is 1. The van der Waals surface area contributed by atoms with Gasteiger partial charge < -0.3 is 15.7 Å². The molecule has 0 amide bonds. The van der Waals surface area contributed by atoms with Gasteiger partial charge in [-0.05, 0) is 52.1 Å². The van der Waals surface area contributed by atoms with Crippen LogP contribution in [0.15, 0.2) is 0 Å². The molecule has 0 spiro atoms. The smallest absolute Gasteiger partial charge is 0.0838 e. The van der Waals surface area contributed by atoms with Crippen LogP contribution in [0.25, 0.3) is 0 Å². The zero-order valence-electron chi connectivity index (χ0n) is 9.13. The van der Waals surface area contributed by atoms with Gasteiger partial charge >= 0.3 is 0 Å². The Bertz CT molecular complexity index is 215. The lowest BCUT2D eigenvalue weighted by Crippen LogP contribution is -2.64. The molecule has 82 valence electrons. The van der Waals surface area contributed by atoms with Crippen LogP contribution < -0.4 is 5.73 Å². The van der Waals surface area contributed by atoms with E-state index in [1.165, 1.54) is 6.42 Å². The highest BCUT2D eigenvalue weighted by Crippen LogP contribution is 2.43. The van der Waals surface area contributed by atoms with Crippen molar-refractivity contribution in [1.82, 2.24) is 4.90 Å². The van der Waals surface area contributed by atoms with Crippen LogP contribution in [0, 0.1) is 0 Å². The zero-order valence-corrected chi connectivity index (χ0v) is 9.13. The SMILES string of the molecule is CN1CCCC(O)(C2(N)CCC2)CC1. The van der Waals surface area contributed by atoms with Crippen LogP contribution in [0.1, 0.15) is 38.5 Å². The molecule has 2 rings (SSSR count). The Morgan fingerprint density at radius 1 is 1.07 bits per heavy atom. The number of nitrogens with two attached hydrogens (primary N) is 1. The van der Waals surface area contributed by atoms with Crippen LogP contribution in [0.3, 0.4) is 0 Å². The van der Waals surface area contributed by atoms with E-state index < -0.39 is 5.60 Å². The molecule has 0 aromatic rings. The van der Waals surface area contributed by atoms with Crippen LogP contribution in [0.4, 0.5) is 0 Å². The van der Waals surface area contributed by atoms with Crippen molar-refractivity contribution in [2.75, 3.05) is 20.1 Å². The van der Waals surface area contributed by atoms with Gasteiger partial charge in [-0.15, -0.1) is 0 Å². The summed E-state index contributed by atoms with van der Waals surface area (Å²) in [4.78, 5) is 2.29. The second kappa shape index (κ2) is 3.47. The average molecular weight is 198 g/mol. The first-order valence-corrected chi connectivity index (χ1v) is 5.76. The maximum atomic E-state index is 10.6. The Balaban J connectivity index is 2.06. The Morgan fingerprint density at radius 2 is 1.79 bits per heavy atom. The lowest BCUT2D eigenvalue weighted by molar-refractivity contribution is -0.0798. The van der Waals surface area contributed by atoms with Crippen molar-refractivity contribution in [1.29, 1.82) is 0 Å². The minimum absolute atomic E-state index is 0.266. The third kappa shape index (κ3) is 1.58. The van der Waals surface area contributed by atoms with Crippen molar-refractivity contribution in [2.45, 2.75) is 49.7 Å². The predicted molar refractivity (Wildman–Crippen MR) is 57.1 cm³/mol. The third-order valence-corrected chi connectivity index (χ3v) is 4.21. The quantitative estimate of drug-likeness (QED) is 0.652. The summed E-state index contributed by atoms with van der Waals surface area (Å²) in [6.07, 6.45) is 6.01. The molecule has 14 heavy (non-hydrogen) atoms. The Labute approximate surface area is 86.3 Å². The van der Waals surface area contributed by atoms with E-state index in [1.807, 2.05) is 0 Å². The highest BCUT2D eigenvalue weighted by atomic mass is 16.3. The second-order valence-corrected chi connectivity index (χ2v) is 5.20. The molecular formula is C11H22N2O. The van der Waals surface area contributed by atoms with E-state index in [1.54, 1.807) is 0 Å². The van der Waals surface area contributed by atoms with E-state index in [0.717, 1.165) is 45.2 Å². The molecule has 0 aromatic heterocycles. The van der Waals surface area contributed by atoms with Gasteiger partial charge in [0.25, 0.3) is 0 Å². The molecule has 2 fully saturated rings. The predicted octanol–water partition coefficient (Wildman–Crippen LogP) is 0.715. The standard InChI is InChI=1S/C11H22N2O/c1-13-8-3-6-11(14,7-9-13)10(12)4-2-5-10/h14H,2-9,12H2,1H3. The summed E-state index contributed by atoms with van der Waals surface area (Å²) in [5, 5.41) is 10.6. The first kappa shape index (κ1) is 10.4. The van der Waals surface area contributed by atoms with Crippen molar-refractivity contribution in [3.05, 3.63) is 0 Å². The number of hydrogen-bond acceptors (Lipinski definition) is 3. The van der Waals surface area contributed by atoms with Crippen LogP contribution in [0.2, 0.25) is 0 Å². The molecule has 1 atom stereocenters. The summed E-state index contributed by atoms with van der Waals surface area (Å²) in [6.45, 7) is 2.08. The topological polar surface area (TPSA) is 49.5 Å². The van der Waals surface area contributed by atoms with Crippen LogP contribution in [-0.4, -0.2) is 41.3 Å². The Hall–Kier alpha value is -0.120. The molecule has 1 saturated heterocycles. The highest BCUT2D eigenvalue weighted by Gasteiger charge is 2.50. The van der Waals surface area contributed by atoms with Gasteiger partial charge in [-0.25, -0.2) is 0 Å². The van der Waals surface area contributed by atoms with E-state index in [9.17, 15) is 5.11 Å². The normalized spacial score (nSPS) is 38.8. The Morgan fingerprint density at radius 3 is 2.36 bits per heavy atom. The molecule has 0 bridgehead atoms. The molecular weight excluding hydrogens is 176 g/mol. The van der Waals surface area contributed by atoms with Crippen molar-refractivity contribution >= 4 is 0 Å². The highest BCUT2D eigenvalue weighted by molar-refractivity contribution is 5.09. The van der Waals surface area contributed by atoms with Crippen molar-refractivity contribution in [2.24, 2.45) is 5.73 Å². The fourth-order valence-electron chi connectivity index (χ4n) is 2.77. The fraction of sp³-hybridized carbons (Fsp3) is 1.00. The van der Waals surface area contributed by atoms with Gasteiger partial charge in [-0.1, -0.05) is 0 Å². The number of aliphatic hydroxyl groups is 1. The Kier molecular flexibility index (Phi) is 2.58. The second-order valence-electron chi connectivity index (χ2n) is 5.20. The maximum Gasteiger partial charge on any atom is 0.0838 e. The molecule has 3 N–H and O–H groups in total. The molecule has 0 aromatic carbocycles. The zero-order chi connectivity index (χ0) is 10.2. The van der Waals surface area contributed by atoms with Gasteiger partial charge in [-0.2, -0.15) is 0 Å². The molecule has 3 nitrogen and oxygen atoms in total. The van der Waals surface area contributed by atoms with E-state index in [-0.39, 0.29) is 5.54 Å². The van der Waals surface area contributed by atoms with Gasteiger partial charge in [0, 0.05) is 12.1 Å². The molecule has 1 heterocycles. The van der Waals surface area contributed by atoms with E-state index in [0.29, 0.717) is 0 Å². The molecule has 2 aliphatic rings. The van der Waals surface area contributed by atoms with E-state index in [4.69, 9.17) is 5.73 Å². The van der Waals surface area contributed by atoms with E-state index in [2.05, 4.69) is 11.9 Å². The van der Waals surface area contributed by atoms with Crippen molar-refractivity contribution < 1.29 is 5.11 Å². The number of rotatable bonds is 1. The van der Waals surface area contributed by atoms with Gasteiger partial charge in [-0.3, -0.25) is 0 Å². The summed E-state index contributed by atoms with van der Waals surface area (Å²) in [7, 11) is 2.12. The molecule has 1 aliphatic heterocycles. The molecule has 3 heteroatoms. The van der Waals surface area contributed by atoms with Gasteiger partial charge in [0.1, 0.15) is 0 Å². The molecule has 1 aliphatic carbocycles. The van der Waals surface area contributed by atoms with Crippen LogP contribution >= 0.6 is 0 Å². The monoisotopic (exact) mass is 198 g/mol. The minimum Gasteiger partial charge on any atom is -0.388 e. The lowest BCUT2D eigenvalue weighted by atomic mass is 9.63. The van der Waals surface area contributed by atoms with Gasteiger partial charge in [0.2, 0.25) is 0 Å². The maximum absolute atomic E-state index is 10.6. The average Bonchev–Trinajstić information content (AvgIpc) is 2.26. The van der Waals surface area contributed by atoms with Crippen molar-refractivity contribution in [3.8, 4) is 0 Å². The first-order chi connectivity index (χ1) is 6.56. The molecule has 1 unspecified atom stereocenters. The fourth-order valence-corrected chi connectivity index (χ4v) is 2.77. The summed E-state index contributed by atoms with van der Waals surface area (Å²) < 4.78 is 0. The summed E-state index contributed by atoms with van der Waals surface area (Å²) in [5.41, 5.74) is 5.41. The molecule has 0 radical (unpaired) electrons. The van der Waals surface area contributed by atoms with Crippen LogP contribution in [-0.2, 0) is 0 Å². The number of likely N-dealkylation sites (tertiary alicyclic amines) is 1.